The third-order valence-corrected chi connectivity index (χ3v) is 9.74. The molecule has 0 aliphatic carbocycles. The van der Waals surface area contributed by atoms with E-state index in [0.29, 0.717) is 31.5 Å². The van der Waals surface area contributed by atoms with Crippen LogP contribution in [-0.2, 0) is 28.9 Å². The van der Waals surface area contributed by atoms with Crippen LogP contribution in [0.1, 0.15) is 60.3 Å². The number of amides is 1. The lowest BCUT2D eigenvalue weighted by atomic mass is 9.83. The van der Waals surface area contributed by atoms with Crippen LogP contribution < -0.4 is 16.1 Å². The Morgan fingerprint density at radius 3 is 2.54 bits per heavy atom. The minimum atomic E-state index is -3.40. The maximum atomic E-state index is 13.0. The summed E-state index contributed by atoms with van der Waals surface area (Å²) in [6.45, 7) is 9.35. The van der Waals surface area contributed by atoms with Gasteiger partial charge in [0.05, 0.1) is 40.7 Å². The van der Waals surface area contributed by atoms with E-state index in [0.717, 1.165) is 0 Å². The van der Waals surface area contributed by atoms with Gasteiger partial charge in [0.25, 0.3) is 0 Å². The van der Waals surface area contributed by atoms with Crippen LogP contribution in [0.3, 0.4) is 0 Å². The van der Waals surface area contributed by atoms with Gasteiger partial charge in [-0.25, -0.2) is 23.6 Å². The molecule has 0 saturated carbocycles. The van der Waals surface area contributed by atoms with Crippen LogP contribution in [0.5, 0.6) is 0 Å². The lowest BCUT2D eigenvalue weighted by molar-refractivity contribution is -0.180. The lowest BCUT2D eigenvalue weighted by Gasteiger charge is -2.47. The van der Waals surface area contributed by atoms with Gasteiger partial charge in [0.1, 0.15) is 11.8 Å². The minimum Gasteiger partial charge on any atom is -0.458 e. The van der Waals surface area contributed by atoms with Gasteiger partial charge in [0.15, 0.2) is 15.9 Å². The molecule has 1 aromatic carbocycles. The van der Waals surface area contributed by atoms with Crippen molar-refractivity contribution >= 4 is 27.4 Å². The summed E-state index contributed by atoms with van der Waals surface area (Å²) in [5, 5.41) is 17.5. The molecule has 3 aliphatic rings. The topological polar surface area (TPSA) is 150 Å². The smallest absolute Gasteiger partial charge is 0.335 e. The number of carbonyl (C=O) groups is 2. The molecule has 3 N–H and O–H groups in total. The summed E-state index contributed by atoms with van der Waals surface area (Å²) in [4.78, 5) is 25.9. The minimum absolute atomic E-state index is 0.103. The predicted octanol–water partition coefficient (Wildman–Crippen LogP) is 2.10. The second-order valence-corrected chi connectivity index (χ2v) is 14.3. The number of hydrazine groups is 1. The van der Waals surface area contributed by atoms with Crippen LogP contribution in [0.4, 0.5) is 5.69 Å². The molecule has 214 valence electrons. The van der Waals surface area contributed by atoms with Crippen LogP contribution in [0, 0.1) is 17.2 Å². The first-order chi connectivity index (χ1) is 18.3. The lowest BCUT2D eigenvalue weighted by Crippen LogP contribution is -2.63. The highest BCUT2D eigenvalue weighted by Gasteiger charge is 2.56. The molecule has 0 bridgehead atoms. The van der Waals surface area contributed by atoms with Gasteiger partial charge < -0.3 is 20.1 Å². The number of piperidine rings is 1. The average molecular weight is 562 g/mol. The van der Waals surface area contributed by atoms with Crippen molar-refractivity contribution in [2.75, 3.05) is 18.5 Å². The fourth-order valence-electron chi connectivity index (χ4n) is 5.53. The molecule has 1 amide bonds. The quantitative estimate of drug-likeness (QED) is 0.422. The number of nitrogens with one attached hydrogen (secondary N) is 3. The molecule has 11 nitrogen and oxygen atoms in total. The maximum Gasteiger partial charge on any atom is 0.335 e. The van der Waals surface area contributed by atoms with Crippen LogP contribution in [-0.4, -0.2) is 73.2 Å². The predicted molar refractivity (Wildman–Crippen MR) is 144 cm³/mol. The SMILES string of the molecule is CC(C)S(=O)(=O)c1ccc(NC2NN([C@]3(CC#N)CC[C@@H](C(=O)OC(C)(C)C)OC3)C3CCNC(=O)C23)cc1. The van der Waals surface area contributed by atoms with Gasteiger partial charge in [-0.1, -0.05) is 0 Å². The van der Waals surface area contributed by atoms with Crippen molar-refractivity contribution in [3.05, 3.63) is 24.3 Å². The Morgan fingerprint density at radius 2 is 1.97 bits per heavy atom. The molecule has 3 unspecified atom stereocenters. The zero-order valence-electron chi connectivity index (χ0n) is 23.2. The first-order valence-corrected chi connectivity index (χ1v) is 15.0. The number of nitrogens with zero attached hydrogens (tertiary/aromatic N) is 2. The summed E-state index contributed by atoms with van der Waals surface area (Å²) >= 11 is 0. The zero-order valence-corrected chi connectivity index (χ0v) is 24.0. The number of nitriles is 1. The standard InChI is InChI=1S/C27H39N5O6S/c1-17(2)39(35,36)19-8-6-18(7-9-19)30-23-22-20(11-15-29-24(22)33)32(31-23)27(13-14-28)12-10-21(37-16-27)25(34)38-26(3,4)5/h6-9,17,20-23,30-31H,10-13,15-16H2,1-5H3,(H,29,33)/t20?,21-,22?,23?,27-/m0/s1. The van der Waals surface area contributed by atoms with Crippen LogP contribution in [0.25, 0.3) is 0 Å². The van der Waals surface area contributed by atoms with Gasteiger partial charge in [-0.15, -0.1) is 0 Å². The summed E-state index contributed by atoms with van der Waals surface area (Å²) in [6.07, 6.45) is 0.524. The van der Waals surface area contributed by atoms with E-state index < -0.39 is 50.4 Å². The summed E-state index contributed by atoms with van der Waals surface area (Å²) in [7, 11) is -3.40. The summed E-state index contributed by atoms with van der Waals surface area (Å²) in [5.41, 5.74) is 2.74. The fourth-order valence-corrected chi connectivity index (χ4v) is 6.59. The molecule has 3 heterocycles. The van der Waals surface area contributed by atoms with E-state index in [9.17, 15) is 23.3 Å². The van der Waals surface area contributed by atoms with Gasteiger partial charge >= 0.3 is 5.97 Å². The van der Waals surface area contributed by atoms with Gasteiger partial charge in [-0.3, -0.25) is 4.79 Å². The van der Waals surface area contributed by atoms with Crippen molar-refractivity contribution in [1.29, 1.82) is 5.26 Å². The largest absolute Gasteiger partial charge is 0.458 e. The molecular formula is C27H39N5O6S. The van der Waals surface area contributed by atoms with Gasteiger partial charge in [-0.2, -0.15) is 5.26 Å². The number of sulfone groups is 1. The molecule has 12 heteroatoms. The van der Waals surface area contributed by atoms with E-state index in [4.69, 9.17) is 9.47 Å². The Bertz CT molecular complexity index is 1210. The number of rotatable bonds is 7. The van der Waals surface area contributed by atoms with Crippen LogP contribution in [0.2, 0.25) is 0 Å². The van der Waals surface area contributed by atoms with Crippen molar-refractivity contribution in [1.82, 2.24) is 15.8 Å². The van der Waals surface area contributed by atoms with E-state index >= 15 is 0 Å². The average Bonchev–Trinajstić information content (AvgIpc) is 3.24. The number of esters is 1. The molecule has 3 aliphatic heterocycles. The highest BCUT2D eigenvalue weighted by molar-refractivity contribution is 7.92. The van der Waals surface area contributed by atoms with Crippen molar-refractivity contribution in [2.24, 2.45) is 5.92 Å². The second-order valence-electron chi connectivity index (χ2n) is 11.8. The third-order valence-electron chi connectivity index (χ3n) is 7.57. The van der Waals surface area contributed by atoms with Crippen LogP contribution >= 0.6 is 0 Å². The molecule has 4 rings (SSSR count). The van der Waals surface area contributed by atoms with E-state index in [1.54, 1.807) is 58.9 Å². The summed E-state index contributed by atoms with van der Waals surface area (Å²) in [6, 6.07) is 8.58. The Hall–Kier alpha value is -2.72. The van der Waals surface area contributed by atoms with Gasteiger partial charge in [0, 0.05) is 18.3 Å². The summed E-state index contributed by atoms with van der Waals surface area (Å²) < 4.78 is 36.5. The van der Waals surface area contributed by atoms with Gasteiger partial charge in [-0.05, 0) is 78.1 Å². The summed E-state index contributed by atoms with van der Waals surface area (Å²) in [5.74, 6) is -0.981. The number of hydrogen-bond acceptors (Lipinski definition) is 10. The molecular weight excluding hydrogens is 522 g/mol. The molecule has 5 atom stereocenters. The normalized spacial score (nSPS) is 29.8. The molecule has 0 aromatic heterocycles. The Morgan fingerprint density at radius 1 is 1.28 bits per heavy atom. The molecule has 3 saturated heterocycles. The van der Waals surface area contributed by atoms with E-state index in [-0.39, 0.29) is 29.9 Å². The third kappa shape index (κ3) is 6.06. The van der Waals surface area contributed by atoms with Crippen molar-refractivity contribution in [2.45, 2.75) is 99.9 Å². The molecule has 0 radical (unpaired) electrons. The van der Waals surface area contributed by atoms with Gasteiger partial charge in [0.2, 0.25) is 5.91 Å². The van der Waals surface area contributed by atoms with Crippen molar-refractivity contribution < 1.29 is 27.5 Å². The molecule has 39 heavy (non-hydrogen) atoms. The first kappa shape index (κ1) is 29.3. The maximum absolute atomic E-state index is 13.0. The number of anilines is 1. The highest BCUT2D eigenvalue weighted by atomic mass is 32.2. The number of ether oxygens (including phenoxy) is 2. The number of carbonyl (C=O) groups excluding carboxylic acids is 2. The monoisotopic (exact) mass is 561 g/mol. The van der Waals surface area contributed by atoms with E-state index in [1.165, 1.54) is 0 Å². The van der Waals surface area contributed by atoms with Crippen LogP contribution in [0.15, 0.2) is 29.2 Å². The number of hydrogen-bond donors (Lipinski definition) is 3. The molecule has 3 fully saturated rings. The zero-order chi connectivity index (χ0) is 28.6. The Kier molecular flexibility index (Phi) is 8.28. The Labute approximate surface area is 230 Å². The van der Waals surface area contributed by atoms with Crippen molar-refractivity contribution in [3.8, 4) is 6.07 Å². The highest BCUT2D eigenvalue weighted by Crippen LogP contribution is 2.40. The number of fused-ring (bicyclic) bond motifs is 1. The molecule has 1 aromatic rings. The number of benzene rings is 1. The molecule has 0 spiro atoms. The van der Waals surface area contributed by atoms with Crippen molar-refractivity contribution in [3.63, 3.8) is 0 Å². The second kappa shape index (κ2) is 11.0. The van der Waals surface area contributed by atoms with E-state index in [1.807, 2.05) is 5.01 Å². The Balaban J connectivity index is 1.54. The van der Waals surface area contributed by atoms with E-state index in [2.05, 4.69) is 22.1 Å². The first-order valence-electron chi connectivity index (χ1n) is 13.4. The fraction of sp³-hybridized carbons (Fsp3) is 0.667.